The van der Waals surface area contributed by atoms with Crippen molar-refractivity contribution < 1.29 is 23.1 Å². The van der Waals surface area contributed by atoms with Crippen LogP contribution in [0.2, 0.25) is 0 Å². The molecule has 1 aliphatic heterocycles. The number of ketones is 1. The van der Waals surface area contributed by atoms with Gasteiger partial charge in [-0.2, -0.15) is 0 Å². The molecule has 0 spiro atoms. The Morgan fingerprint density at radius 2 is 1.98 bits per heavy atom. The maximum Gasteiger partial charge on any atom is 0.197 e. The molecule has 2 unspecified atom stereocenters. The number of aryl methyl sites for hydroxylation is 2. The topological polar surface area (TPSA) is 144 Å². The number of aromatic nitrogens is 2. The van der Waals surface area contributed by atoms with Crippen LogP contribution in [0.4, 0.5) is 5.13 Å². The number of anilines is 1. The van der Waals surface area contributed by atoms with Crippen molar-refractivity contribution >= 4 is 32.1 Å². The number of hydrogen-bond acceptors (Lipinski definition) is 10. The highest BCUT2D eigenvalue weighted by molar-refractivity contribution is 7.94. The van der Waals surface area contributed by atoms with Crippen molar-refractivity contribution in [2.24, 2.45) is 0 Å². The van der Waals surface area contributed by atoms with Gasteiger partial charge in [0.2, 0.25) is 0 Å². The van der Waals surface area contributed by atoms with Crippen LogP contribution in [-0.4, -0.2) is 54.2 Å². The van der Waals surface area contributed by atoms with E-state index in [1.54, 1.807) is 37.5 Å². The monoisotopic (exact) mass is 578 g/mol. The zero-order valence-electron chi connectivity index (χ0n) is 21.9. The molecule has 0 bridgehead atoms. The first-order chi connectivity index (χ1) is 19.2. The second-order valence-corrected chi connectivity index (χ2v) is 13.0. The number of nitrogens with one attached hydrogen (secondary N) is 1. The SMILES string of the molecule is Cc1nc(N)sc1S(=O)(=O)CC(=O)c1ccc(-c2ccc3c(c2)CCC(CNCC(O)c2cccnc2)O3)cc1. The smallest absolute Gasteiger partial charge is 0.197 e. The fourth-order valence-electron chi connectivity index (χ4n) is 4.70. The summed E-state index contributed by atoms with van der Waals surface area (Å²) in [6.45, 7) is 2.61. The molecule has 2 atom stereocenters. The molecule has 11 heteroatoms. The van der Waals surface area contributed by atoms with Gasteiger partial charge in [0.25, 0.3) is 0 Å². The lowest BCUT2D eigenvalue weighted by Gasteiger charge is -2.27. The van der Waals surface area contributed by atoms with Gasteiger partial charge in [-0.1, -0.05) is 47.7 Å². The van der Waals surface area contributed by atoms with Crippen molar-refractivity contribution in [1.82, 2.24) is 15.3 Å². The third-order valence-electron chi connectivity index (χ3n) is 6.78. The molecular weight excluding hydrogens is 548 g/mol. The summed E-state index contributed by atoms with van der Waals surface area (Å²) in [5.74, 6) is -0.279. The average molecular weight is 579 g/mol. The maximum atomic E-state index is 12.7. The number of aliphatic hydroxyl groups is 1. The number of nitrogens with two attached hydrogens (primary N) is 1. The minimum absolute atomic E-state index is 0.00575. The quantitative estimate of drug-likeness (QED) is 0.240. The predicted octanol–water partition coefficient (Wildman–Crippen LogP) is 3.77. The molecule has 0 radical (unpaired) electrons. The molecule has 0 saturated carbocycles. The fraction of sp³-hybridized carbons (Fsp3) is 0.276. The summed E-state index contributed by atoms with van der Waals surface area (Å²) in [4.78, 5) is 20.7. The average Bonchev–Trinajstić information content (AvgIpc) is 3.31. The van der Waals surface area contributed by atoms with Gasteiger partial charge in [0.1, 0.15) is 21.8 Å². The summed E-state index contributed by atoms with van der Waals surface area (Å²) in [6, 6.07) is 16.6. The maximum absolute atomic E-state index is 12.7. The number of Topliss-reactive ketones (excluding diaryl/α,β-unsaturated/α-hetero) is 1. The number of benzene rings is 2. The van der Waals surface area contributed by atoms with Crippen LogP contribution in [0.15, 0.2) is 71.2 Å². The van der Waals surface area contributed by atoms with Gasteiger partial charge in [-0.3, -0.25) is 9.78 Å². The summed E-state index contributed by atoms with van der Waals surface area (Å²) >= 11 is 0.874. The standard InChI is InChI=1S/C29H30N4O5S2/c1-18-28(39-29(30)33-18)40(36,37)17-26(35)20-6-4-19(5-7-20)21-9-11-27-22(13-21)8-10-24(38-27)15-32-16-25(34)23-3-2-12-31-14-23/h2-7,9,11-14,24-25,32,34H,8,10,15-17H2,1H3,(H2,30,33). The molecule has 3 heterocycles. The Hall–Kier alpha value is -3.64. The Kier molecular flexibility index (Phi) is 8.27. The van der Waals surface area contributed by atoms with Crippen molar-refractivity contribution in [2.75, 3.05) is 24.6 Å². The van der Waals surface area contributed by atoms with Gasteiger partial charge in [0.05, 0.1) is 11.8 Å². The van der Waals surface area contributed by atoms with Crippen molar-refractivity contribution in [3.63, 3.8) is 0 Å². The molecule has 0 fully saturated rings. The summed E-state index contributed by atoms with van der Waals surface area (Å²) in [7, 11) is -3.82. The number of pyridine rings is 1. The van der Waals surface area contributed by atoms with Crippen molar-refractivity contribution in [1.29, 1.82) is 0 Å². The lowest BCUT2D eigenvalue weighted by molar-refractivity contribution is 0.102. The number of rotatable bonds is 10. The van der Waals surface area contributed by atoms with E-state index < -0.39 is 27.5 Å². The number of aliphatic hydroxyl groups excluding tert-OH is 1. The number of nitrogens with zero attached hydrogens (tertiary/aromatic N) is 2. The first-order valence-corrected chi connectivity index (χ1v) is 15.3. The van der Waals surface area contributed by atoms with E-state index in [0.717, 1.165) is 52.2 Å². The molecule has 40 heavy (non-hydrogen) atoms. The van der Waals surface area contributed by atoms with Gasteiger partial charge in [-0.05, 0) is 54.7 Å². The Morgan fingerprint density at radius 3 is 2.67 bits per heavy atom. The second kappa shape index (κ2) is 11.8. The number of hydrogen-bond donors (Lipinski definition) is 3. The van der Waals surface area contributed by atoms with Crippen LogP contribution in [0.1, 0.15) is 39.7 Å². The van der Waals surface area contributed by atoms with E-state index in [-0.39, 0.29) is 15.4 Å². The lowest BCUT2D eigenvalue weighted by Crippen LogP contribution is -2.36. The third-order valence-corrected chi connectivity index (χ3v) is 10.1. The first-order valence-electron chi connectivity index (χ1n) is 12.9. The van der Waals surface area contributed by atoms with Crippen LogP contribution in [0.5, 0.6) is 5.75 Å². The molecule has 4 aromatic rings. The zero-order valence-corrected chi connectivity index (χ0v) is 23.5. The fourth-order valence-corrected chi connectivity index (χ4v) is 7.35. The Balaban J connectivity index is 1.18. The zero-order chi connectivity index (χ0) is 28.3. The van der Waals surface area contributed by atoms with Crippen LogP contribution >= 0.6 is 11.3 Å². The lowest BCUT2D eigenvalue weighted by atomic mass is 9.96. The molecule has 1 aliphatic rings. The summed E-state index contributed by atoms with van der Waals surface area (Å²) in [5.41, 5.74) is 10.0. The van der Waals surface area contributed by atoms with E-state index in [9.17, 15) is 18.3 Å². The minimum Gasteiger partial charge on any atom is -0.489 e. The van der Waals surface area contributed by atoms with E-state index in [1.807, 2.05) is 30.3 Å². The molecule has 2 aromatic carbocycles. The molecule has 0 aliphatic carbocycles. The molecule has 4 N–H and O–H groups in total. The molecule has 5 rings (SSSR count). The number of carbonyl (C=O) groups excluding carboxylic acids is 1. The van der Waals surface area contributed by atoms with Crippen LogP contribution in [0.3, 0.4) is 0 Å². The summed E-state index contributed by atoms with van der Waals surface area (Å²) < 4.78 is 31.6. The highest BCUT2D eigenvalue weighted by Crippen LogP contribution is 2.32. The summed E-state index contributed by atoms with van der Waals surface area (Å²) in [5, 5.41) is 13.8. The van der Waals surface area contributed by atoms with Gasteiger partial charge in [-0.15, -0.1) is 0 Å². The number of fused-ring (bicyclic) bond motifs is 1. The largest absolute Gasteiger partial charge is 0.489 e. The third kappa shape index (κ3) is 6.39. The van der Waals surface area contributed by atoms with Crippen LogP contribution < -0.4 is 15.8 Å². The van der Waals surface area contributed by atoms with E-state index >= 15 is 0 Å². The Morgan fingerprint density at radius 1 is 1.20 bits per heavy atom. The molecule has 0 amide bonds. The number of nitrogen functional groups attached to an aromatic ring is 1. The van der Waals surface area contributed by atoms with Gasteiger partial charge in [-0.25, -0.2) is 13.4 Å². The van der Waals surface area contributed by atoms with E-state index in [0.29, 0.717) is 24.3 Å². The van der Waals surface area contributed by atoms with Crippen molar-refractivity contribution in [3.8, 4) is 16.9 Å². The van der Waals surface area contributed by atoms with E-state index in [2.05, 4.69) is 21.4 Å². The van der Waals surface area contributed by atoms with Crippen LogP contribution in [0.25, 0.3) is 11.1 Å². The summed E-state index contributed by atoms with van der Waals surface area (Å²) in [6.07, 6.45) is 4.43. The van der Waals surface area contributed by atoms with Crippen molar-refractivity contribution in [2.45, 2.75) is 36.2 Å². The highest BCUT2D eigenvalue weighted by atomic mass is 32.2. The number of carbonyl (C=O) groups is 1. The van der Waals surface area contributed by atoms with Crippen LogP contribution in [-0.2, 0) is 16.3 Å². The van der Waals surface area contributed by atoms with E-state index in [4.69, 9.17) is 10.5 Å². The molecule has 208 valence electrons. The van der Waals surface area contributed by atoms with Gasteiger partial charge in [0.15, 0.2) is 20.8 Å². The van der Waals surface area contributed by atoms with Gasteiger partial charge in [0, 0.05) is 36.6 Å². The minimum atomic E-state index is -3.82. The Bertz CT molecular complexity index is 1610. The van der Waals surface area contributed by atoms with E-state index in [1.165, 1.54) is 0 Å². The van der Waals surface area contributed by atoms with Crippen molar-refractivity contribution in [3.05, 3.63) is 89.4 Å². The molecular formula is C29H30N4O5S2. The molecule has 2 aromatic heterocycles. The first kappa shape index (κ1) is 27.9. The van der Waals surface area contributed by atoms with Crippen LogP contribution in [0, 0.1) is 6.92 Å². The number of sulfone groups is 1. The predicted molar refractivity (Wildman–Crippen MR) is 154 cm³/mol. The molecule has 0 saturated heterocycles. The number of ether oxygens (including phenoxy) is 1. The molecule has 9 nitrogen and oxygen atoms in total. The number of thiazole rings is 1. The van der Waals surface area contributed by atoms with Gasteiger partial charge >= 0.3 is 0 Å². The normalized spacial score (nSPS) is 15.7. The Labute approximate surface area is 237 Å². The second-order valence-electron chi connectivity index (χ2n) is 9.75. The van der Waals surface area contributed by atoms with Gasteiger partial charge < -0.3 is 20.9 Å². The highest BCUT2D eigenvalue weighted by Gasteiger charge is 2.26.